The molecular formula is C16H14N2O4. The third-order valence-electron chi connectivity index (χ3n) is 2.80. The van der Waals surface area contributed by atoms with Crippen LogP contribution >= 0.6 is 0 Å². The lowest BCUT2D eigenvalue weighted by atomic mass is 10.2. The molecule has 0 radical (unpaired) electrons. The van der Waals surface area contributed by atoms with E-state index < -0.39 is 11.9 Å². The van der Waals surface area contributed by atoms with Gasteiger partial charge in [-0.3, -0.25) is 4.79 Å². The molecule has 0 saturated carbocycles. The zero-order valence-corrected chi connectivity index (χ0v) is 11.9. The first-order chi connectivity index (χ1) is 10.6. The first-order valence-corrected chi connectivity index (χ1v) is 6.45. The minimum atomic E-state index is -0.703. The van der Waals surface area contributed by atoms with Crippen molar-refractivity contribution < 1.29 is 19.1 Å². The standard InChI is InChI=1S/C16H14N2O4/c1-22-16(20)14(10-12-6-5-9-18(21)11-12)17-15(19)13-7-3-2-4-8-13/h2-11H,1H3,(H,17,19). The normalized spacial score (nSPS) is 10.9. The van der Waals surface area contributed by atoms with Crippen molar-refractivity contribution >= 4 is 18.0 Å². The van der Waals surface area contributed by atoms with E-state index in [-0.39, 0.29) is 5.70 Å². The average molecular weight is 298 g/mol. The van der Waals surface area contributed by atoms with Crippen LogP contribution in [0.25, 0.3) is 6.08 Å². The molecule has 1 heterocycles. The largest absolute Gasteiger partial charge is 0.619 e. The molecule has 0 atom stereocenters. The average Bonchev–Trinajstić information content (AvgIpc) is 2.54. The van der Waals surface area contributed by atoms with Gasteiger partial charge < -0.3 is 15.3 Å². The third kappa shape index (κ3) is 3.92. The number of rotatable bonds is 4. The van der Waals surface area contributed by atoms with Gasteiger partial charge in [0.05, 0.1) is 7.11 Å². The van der Waals surface area contributed by atoms with E-state index in [1.165, 1.54) is 31.6 Å². The Labute approximate surface area is 127 Å². The van der Waals surface area contributed by atoms with E-state index >= 15 is 0 Å². The minimum Gasteiger partial charge on any atom is -0.619 e. The molecule has 1 aromatic heterocycles. The summed E-state index contributed by atoms with van der Waals surface area (Å²) in [5.74, 6) is -1.14. The van der Waals surface area contributed by atoms with Gasteiger partial charge in [-0.15, -0.1) is 0 Å². The van der Waals surface area contributed by atoms with E-state index in [9.17, 15) is 14.8 Å². The maximum absolute atomic E-state index is 12.1. The molecule has 0 fully saturated rings. The Kier molecular flexibility index (Phi) is 4.87. The Morgan fingerprint density at radius 1 is 1.18 bits per heavy atom. The van der Waals surface area contributed by atoms with Crippen LogP contribution in [0.3, 0.4) is 0 Å². The van der Waals surface area contributed by atoms with Gasteiger partial charge in [-0.25, -0.2) is 4.79 Å². The minimum absolute atomic E-state index is 0.0532. The second kappa shape index (κ2) is 7.03. The second-order valence-electron chi connectivity index (χ2n) is 4.37. The van der Waals surface area contributed by atoms with Gasteiger partial charge in [0.15, 0.2) is 12.4 Å². The lowest BCUT2D eigenvalue weighted by Crippen LogP contribution is -2.28. The van der Waals surface area contributed by atoms with Crippen LogP contribution in [0.4, 0.5) is 0 Å². The molecular weight excluding hydrogens is 284 g/mol. The second-order valence-corrected chi connectivity index (χ2v) is 4.37. The fourth-order valence-electron chi connectivity index (χ4n) is 1.76. The maximum atomic E-state index is 12.1. The summed E-state index contributed by atoms with van der Waals surface area (Å²) in [6, 6.07) is 11.6. The Morgan fingerprint density at radius 3 is 2.55 bits per heavy atom. The number of ether oxygens (including phenoxy) is 1. The van der Waals surface area contributed by atoms with Gasteiger partial charge in [-0.1, -0.05) is 18.2 Å². The molecule has 6 nitrogen and oxygen atoms in total. The molecule has 2 rings (SSSR count). The van der Waals surface area contributed by atoms with E-state index in [2.05, 4.69) is 10.1 Å². The first kappa shape index (κ1) is 15.2. The highest BCUT2D eigenvalue weighted by molar-refractivity contribution is 6.03. The highest BCUT2D eigenvalue weighted by Crippen LogP contribution is 2.06. The van der Waals surface area contributed by atoms with Crippen molar-refractivity contribution in [1.82, 2.24) is 5.32 Å². The number of carbonyl (C=O) groups is 2. The Hall–Kier alpha value is -3.15. The smallest absolute Gasteiger partial charge is 0.354 e. The van der Waals surface area contributed by atoms with Crippen LogP contribution in [0.15, 0.2) is 60.6 Å². The Balaban J connectivity index is 2.27. The van der Waals surface area contributed by atoms with Crippen molar-refractivity contribution in [3.05, 3.63) is 76.9 Å². The van der Waals surface area contributed by atoms with Gasteiger partial charge in [0.25, 0.3) is 5.91 Å². The topological polar surface area (TPSA) is 82.3 Å². The van der Waals surface area contributed by atoms with Crippen molar-refractivity contribution in [2.45, 2.75) is 0 Å². The van der Waals surface area contributed by atoms with Crippen LogP contribution < -0.4 is 10.0 Å². The molecule has 0 aliphatic rings. The monoisotopic (exact) mass is 298 g/mol. The van der Waals surface area contributed by atoms with Crippen molar-refractivity contribution in [1.29, 1.82) is 0 Å². The van der Waals surface area contributed by atoms with Gasteiger partial charge in [0.2, 0.25) is 0 Å². The molecule has 1 N–H and O–H groups in total. The zero-order valence-electron chi connectivity index (χ0n) is 11.9. The summed E-state index contributed by atoms with van der Waals surface area (Å²) in [4.78, 5) is 23.9. The highest BCUT2D eigenvalue weighted by Gasteiger charge is 2.15. The van der Waals surface area contributed by atoms with E-state index in [1.807, 2.05) is 0 Å². The number of amides is 1. The number of hydrogen-bond acceptors (Lipinski definition) is 4. The van der Waals surface area contributed by atoms with E-state index in [1.54, 1.807) is 36.4 Å². The maximum Gasteiger partial charge on any atom is 0.354 e. The third-order valence-corrected chi connectivity index (χ3v) is 2.80. The summed E-state index contributed by atoms with van der Waals surface area (Å²) < 4.78 is 5.24. The van der Waals surface area contributed by atoms with Crippen LogP contribution in [-0.4, -0.2) is 19.0 Å². The lowest BCUT2D eigenvalue weighted by molar-refractivity contribution is -0.605. The van der Waals surface area contributed by atoms with Gasteiger partial charge in [-0.05, 0) is 24.3 Å². The predicted molar refractivity (Wildman–Crippen MR) is 79.3 cm³/mol. The summed E-state index contributed by atoms with van der Waals surface area (Å²) in [5.41, 5.74) is 0.818. The van der Waals surface area contributed by atoms with E-state index in [0.717, 1.165) is 0 Å². The number of pyridine rings is 1. The van der Waals surface area contributed by atoms with Crippen LogP contribution in [0.1, 0.15) is 15.9 Å². The first-order valence-electron chi connectivity index (χ1n) is 6.45. The molecule has 22 heavy (non-hydrogen) atoms. The predicted octanol–water partition coefficient (Wildman–Crippen LogP) is 1.26. The number of aromatic nitrogens is 1. The molecule has 0 bridgehead atoms. The molecule has 2 aromatic rings. The number of nitrogens with zero attached hydrogens (tertiary/aromatic N) is 1. The van der Waals surface area contributed by atoms with Crippen LogP contribution in [0, 0.1) is 5.21 Å². The van der Waals surface area contributed by atoms with Crippen molar-refractivity contribution in [3.8, 4) is 0 Å². The fourth-order valence-corrected chi connectivity index (χ4v) is 1.76. The van der Waals surface area contributed by atoms with Crippen LogP contribution in [0.2, 0.25) is 0 Å². The van der Waals surface area contributed by atoms with Gasteiger partial charge in [0.1, 0.15) is 5.70 Å². The number of methoxy groups -OCH3 is 1. The number of hydrogen-bond donors (Lipinski definition) is 1. The number of nitrogens with one attached hydrogen (secondary N) is 1. The Bertz CT molecular complexity index is 711. The number of esters is 1. The summed E-state index contributed by atoms with van der Waals surface area (Å²) in [6.45, 7) is 0. The van der Waals surface area contributed by atoms with Crippen LogP contribution in [0.5, 0.6) is 0 Å². The molecule has 1 aromatic carbocycles. The molecule has 112 valence electrons. The SMILES string of the molecule is COC(=O)C(=Cc1ccc[n+]([O-])c1)NC(=O)c1ccccc1. The molecule has 0 unspecified atom stereocenters. The molecule has 0 aliphatic heterocycles. The Morgan fingerprint density at radius 2 is 1.91 bits per heavy atom. The van der Waals surface area contributed by atoms with Crippen molar-refractivity contribution in [2.24, 2.45) is 0 Å². The number of benzene rings is 1. The highest BCUT2D eigenvalue weighted by atomic mass is 16.5. The quantitative estimate of drug-likeness (QED) is 0.399. The van der Waals surface area contributed by atoms with E-state index in [4.69, 9.17) is 0 Å². The van der Waals surface area contributed by atoms with Crippen molar-refractivity contribution in [3.63, 3.8) is 0 Å². The lowest BCUT2D eigenvalue weighted by Gasteiger charge is -2.08. The van der Waals surface area contributed by atoms with Crippen molar-refractivity contribution in [2.75, 3.05) is 7.11 Å². The van der Waals surface area contributed by atoms with Crippen LogP contribution in [-0.2, 0) is 9.53 Å². The summed E-state index contributed by atoms with van der Waals surface area (Å²) in [7, 11) is 1.21. The van der Waals surface area contributed by atoms with E-state index in [0.29, 0.717) is 15.9 Å². The van der Waals surface area contributed by atoms with Gasteiger partial charge in [-0.2, -0.15) is 4.73 Å². The number of carbonyl (C=O) groups excluding carboxylic acids is 2. The molecule has 1 amide bonds. The molecule has 0 spiro atoms. The summed E-state index contributed by atoms with van der Waals surface area (Å²) >= 11 is 0. The molecule has 0 aliphatic carbocycles. The molecule has 6 heteroatoms. The van der Waals surface area contributed by atoms with Gasteiger partial charge in [0, 0.05) is 17.2 Å². The molecule has 0 saturated heterocycles. The van der Waals surface area contributed by atoms with Gasteiger partial charge >= 0.3 is 5.97 Å². The zero-order chi connectivity index (χ0) is 15.9. The summed E-state index contributed by atoms with van der Waals surface area (Å²) in [6.07, 6.45) is 3.97. The fraction of sp³-hybridized carbons (Fsp3) is 0.0625. The summed E-state index contributed by atoms with van der Waals surface area (Å²) in [5, 5.41) is 13.7.